The maximum Gasteiger partial charge on any atom is 0.193 e. The summed E-state index contributed by atoms with van der Waals surface area (Å²) in [7, 11) is 0. The van der Waals surface area contributed by atoms with E-state index in [-0.39, 0.29) is 5.78 Å². The van der Waals surface area contributed by atoms with Gasteiger partial charge in [-0.25, -0.2) is 0 Å². The lowest BCUT2D eigenvalue weighted by Gasteiger charge is -2.13. The smallest absolute Gasteiger partial charge is 0.193 e. The average molecular weight is 286 g/mol. The van der Waals surface area contributed by atoms with Crippen LogP contribution in [0.15, 0.2) is 78.9 Å². The van der Waals surface area contributed by atoms with Crippen LogP contribution in [-0.2, 0) is 6.42 Å². The van der Waals surface area contributed by atoms with Gasteiger partial charge in [0.1, 0.15) is 0 Å². The Labute approximate surface area is 131 Å². The molecule has 1 heteroatoms. The predicted molar refractivity (Wildman–Crippen MR) is 91.1 cm³/mol. The highest BCUT2D eigenvalue weighted by atomic mass is 16.1. The maximum absolute atomic E-state index is 12.8. The Hall–Kier alpha value is -2.67. The van der Waals surface area contributed by atoms with Crippen molar-refractivity contribution in [3.8, 4) is 11.1 Å². The molecule has 0 fully saturated rings. The second kappa shape index (κ2) is 6.40. The molecule has 0 saturated carbocycles. The van der Waals surface area contributed by atoms with Gasteiger partial charge in [-0.1, -0.05) is 85.8 Å². The van der Waals surface area contributed by atoms with Crippen molar-refractivity contribution in [3.63, 3.8) is 0 Å². The standard InChI is InChI=1S/C21H18O/c1-2-18-19(16-10-5-3-6-11-16)14-9-15-20(18)21(22)17-12-7-4-8-13-17/h3-15H,2H2,1H3. The summed E-state index contributed by atoms with van der Waals surface area (Å²) in [4.78, 5) is 12.8. The number of hydrogen-bond donors (Lipinski definition) is 0. The third-order valence-corrected chi connectivity index (χ3v) is 3.89. The van der Waals surface area contributed by atoms with Crippen molar-refractivity contribution in [2.24, 2.45) is 0 Å². The van der Waals surface area contributed by atoms with E-state index in [1.54, 1.807) is 0 Å². The molecule has 0 spiro atoms. The van der Waals surface area contributed by atoms with E-state index in [0.29, 0.717) is 0 Å². The van der Waals surface area contributed by atoms with Gasteiger partial charge in [-0.05, 0) is 23.1 Å². The van der Waals surface area contributed by atoms with Crippen molar-refractivity contribution < 1.29 is 4.79 Å². The third kappa shape index (κ3) is 2.71. The first kappa shape index (κ1) is 14.3. The maximum atomic E-state index is 12.8. The molecule has 0 unspecified atom stereocenters. The number of hydrogen-bond acceptors (Lipinski definition) is 1. The van der Waals surface area contributed by atoms with E-state index in [2.05, 4.69) is 25.1 Å². The molecule has 1 nitrogen and oxygen atoms in total. The molecule has 0 aromatic heterocycles. The Bertz CT molecular complexity index is 774. The van der Waals surface area contributed by atoms with Gasteiger partial charge in [-0.3, -0.25) is 4.79 Å². The summed E-state index contributed by atoms with van der Waals surface area (Å²) >= 11 is 0. The van der Waals surface area contributed by atoms with Gasteiger partial charge in [0.05, 0.1) is 0 Å². The molecule has 0 amide bonds. The van der Waals surface area contributed by atoms with Crippen molar-refractivity contribution in [2.45, 2.75) is 13.3 Å². The highest BCUT2D eigenvalue weighted by molar-refractivity contribution is 6.10. The van der Waals surface area contributed by atoms with Gasteiger partial charge in [0.15, 0.2) is 5.78 Å². The zero-order chi connectivity index (χ0) is 15.4. The van der Waals surface area contributed by atoms with Crippen LogP contribution in [0.5, 0.6) is 0 Å². The van der Waals surface area contributed by atoms with Crippen LogP contribution in [0.25, 0.3) is 11.1 Å². The van der Waals surface area contributed by atoms with Crippen molar-refractivity contribution in [2.75, 3.05) is 0 Å². The first-order valence-corrected chi connectivity index (χ1v) is 7.58. The second-order valence-corrected chi connectivity index (χ2v) is 5.25. The van der Waals surface area contributed by atoms with E-state index in [1.165, 1.54) is 0 Å². The number of carbonyl (C=O) groups is 1. The van der Waals surface area contributed by atoms with E-state index in [4.69, 9.17) is 0 Å². The van der Waals surface area contributed by atoms with Gasteiger partial charge >= 0.3 is 0 Å². The number of benzene rings is 3. The summed E-state index contributed by atoms with van der Waals surface area (Å²) in [5, 5.41) is 0. The van der Waals surface area contributed by atoms with E-state index in [9.17, 15) is 4.79 Å². The molecule has 0 N–H and O–H groups in total. The fourth-order valence-electron chi connectivity index (χ4n) is 2.81. The Balaban J connectivity index is 2.12. The number of carbonyl (C=O) groups excluding carboxylic acids is 1. The van der Waals surface area contributed by atoms with Gasteiger partial charge in [0, 0.05) is 11.1 Å². The lowest BCUT2D eigenvalue weighted by atomic mass is 9.90. The zero-order valence-electron chi connectivity index (χ0n) is 12.6. The van der Waals surface area contributed by atoms with Crippen molar-refractivity contribution in [3.05, 3.63) is 95.6 Å². The zero-order valence-corrected chi connectivity index (χ0v) is 12.6. The molecule has 0 atom stereocenters. The molecule has 0 radical (unpaired) electrons. The largest absolute Gasteiger partial charge is 0.289 e. The summed E-state index contributed by atoms with van der Waals surface area (Å²) < 4.78 is 0. The Morgan fingerprint density at radius 3 is 2.05 bits per heavy atom. The molecular weight excluding hydrogens is 268 g/mol. The van der Waals surface area contributed by atoms with Crippen LogP contribution in [0.3, 0.4) is 0 Å². The Morgan fingerprint density at radius 1 is 0.773 bits per heavy atom. The van der Waals surface area contributed by atoms with Crippen LogP contribution in [0.4, 0.5) is 0 Å². The Morgan fingerprint density at radius 2 is 1.41 bits per heavy atom. The molecule has 0 bridgehead atoms. The Kier molecular flexibility index (Phi) is 4.15. The molecule has 3 aromatic rings. The molecule has 3 aromatic carbocycles. The number of rotatable bonds is 4. The molecule has 0 aliphatic carbocycles. The molecular formula is C21H18O. The van der Waals surface area contributed by atoms with E-state index >= 15 is 0 Å². The molecule has 0 aliphatic rings. The quantitative estimate of drug-likeness (QED) is 0.606. The molecule has 22 heavy (non-hydrogen) atoms. The van der Waals surface area contributed by atoms with E-state index in [1.807, 2.05) is 60.7 Å². The highest BCUT2D eigenvalue weighted by Gasteiger charge is 2.15. The summed E-state index contributed by atoms with van der Waals surface area (Å²) in [6.07, 6.45) is 0.832. The molecule has 0 heterocycles. The average Bonchev–Trinajstić information content (AvgIpc) is 2.62. The first-order chi connectivity index (χ1) is 10.8. The predicted octanol–water partition coefficient (Wildman–Crippen LogP) is 5.15. The summed E-state index contributed by atoms with van der Waals surface area (Å²) in [5.41, 5.74) is 4.95. The van der Waals surface area contributed by atoms with Crippen LogP contribution in [0.1, 0.15) is 28.4 Å². The van der Waals surface area contributed by atoms with Gasteiger partial charge in [-0.2, -0.15) is 0 Å². The minimum Gasteiger partial charge on any atom is -0.289 e. The minimum absolute atomic E-state index is 0.0928. The summed E-state index contributed by atoms with van der Waals surface area (Å²) in [5.74, 6) is 0.0928. The fraction of sp³-hybridized carbons (Fsp3) is 0.0952. The SMILES string of the molecule is CCc1c(C(=O)c2ccccc2)cccc1-c1ccccc1. The normalized spacial score (nSPS) is 10.4. The molecule has 0 saturated heterocycles. The molecule has 108 valence electrons. The minimum atomic E-state index is 0.0928. The first-order valence-electron chi connectivity index (χ1n) is 7.58. The van der Waals surface area contributed by atoms with Crippen LogP contribution < -0.4 is 0 Å². The lowest BCUT2D eigenvalue weighted by Crippen LogP contribution is -2.06. The fourth-order valence-corrected chi connectivity index (χ4v) is 2.81. The van der Waals surface area contributed by atoms with Crippen LogP contribution in [0.2, 0.25) is 0 Å². The number of ketones is 1. The lowest BCUT2D eigenvalue weighted by molar-refractivity contribution is 0.103. The van der Waals surface area contributed by atoms with E-state index < -0.39 is 0 Å². The van der Waals surface area contributed by atoms with E-state index in [0.717, 1.165) is 34.2 Å². The summed E-state index contributed by atoms with van der Waals surface area (Å²) in [6, 6.07) is 25.7. The topological polar surface area (TPSA) is 17.1 Å². The van der Waals surface area contributed by atoms with Gasteiger partial charge < -0.3 is 0 Å². The van der Waals surface area contributed by atoms with Gasteiger partial charge in [0.25, 0.3) is 0 Å². The van der Waals surface area contributed by atoms with Crippen LogP contribution in [0, 0.1) is 0 Å². The summed E-state index contributed by atoms with van der Waals surface area (Å²) in [6.45, 7) is 2.10. The molecule has 0 aliphatic heterocycles. The van der Waals surface area contributed by atoms with Crippen LogP contribution >= 0.6 is 0 Å². The highest BCUT2D eigenvalue weighted by Crippen LogP contribution is 2.28. The third-order valence-electron chi connectivity index (χ3n) is 3.89. The van der Waals surface area contributed by atoms with Crippen molar-refractivity contribution in [1.82, 2.24) is 0 Å². The van der Waals surface area contributed by atoms with Crippen LogP contribution in [-0.4, -0.2) is 5.78 Å². The van der Waals surface area contributed by atoms with Gasteiger partial charge in [0.2, 0.25) is 0 Å². The van der Waals surface area contributed by atoms with Crippen molar-refractivity contribution in [1.29, 1.82) is 0 Å². The monoisotopic (exact) mass is 286 g/mol. The van der Waals surface area contributed by atoms with Crippen molar-refractivity contribution >= 4 is 5.78 Å². The molecule has 3 rings (SSSR count). The van der Waals surface area contributed by atoms with Gasteiger partial charge in [-0.15, -0.1) is 0 Å². The second-order valence-electron chi connectivity index (χ2n) is 5.25.